The lowest BCUT2D eigenvalue weighted by molar-refractivity contribution is -0.140. The Bertz CT molecular complexity index is 536. The third-order valence-corrected chi connectivity index (χ3v) is 5.91. The van der Waals surface area contributed by atoms with E-state index in [2.05, 4.69) is 15.2 Å². The van der Waals surface area contributed by atoms with Crippen molar-refractivity contribution in [3.05, 3.63) is 11.1 Å². The second-order valence-corrected chi connectivity index (χ2v) is 7.62. The van der Waals surface area contributed by atoms with E-state index in [1.165, 1.54) is 17.8 Å². The Morgan fingerprint density at radius 1 is 1.33 bits per heavy atom. The van der Waals surface area contributed by atoms with E-state index in [4.69, 9.17) is 10.5 Å². The van der Waals surface area contributed by atoms with Gasteiger partial charge in [-0.2, -0.15) is 0 Å². The lowest BCUT2D eigenvalue weighted by Crippen LogP contribution is -2.62. The topological polar surface area (TPSA) is 80.5 Å². The zero-order valence-electron chi connectivity index (χ0n) is 14.3. The first kappa shape index (κ1) is 17.6. The molecular weight excluding hydrogens is 324 g/mol. The highest BCUT2D eigenvalue weighted by Crippen LogP contribution is 2.34. The van der Waals surface area contributed by atoms with Crippen molar-refractivity contribution in [1.82, 2.24) is 15.2 Å². The normalized spacial score (nSPS) is 21.5. The number of aryl methyl sites for hydroxylation is 1. The Labute approximate surface area is 147 Å². The number of rotatable bonds is 6. The van der Waals surface area contributed by atoms with Crippen LogP contribution in [0.25, 0.3) is 0 Å². The molecule has 2 fully saturated rings. The van der Waals surface area contributed by atoms with E-state index in [9.17, 15) is 4.79 Å². The number of hydrogen-bond acceptors (Lipinski definition) is 6. The minimum atomic E-state index is -0.312. The number of anilines is 1. The second kappa shape index (κ2) is 8.27. The first-order chi connectivity index (χ1) is 11.7. The van der Waals surface area contributed by atoms with E-state index >= 15 is 0 Å². The largest absolute Gasteiger partial charge is 0.379 e. The Kier molecular flexibility index (Phi) is 6.08. The fourth-order valence-corrected chi connectivity index (χ4v) is 4.49. The Morgan fingerprint density at radius 2 is 2.08 bits per heavy atom. The summed E-state index contributed by atoms with van der Waals surface area (Å²) in [5.74, 6) is 0.210. The Morgan fingerprint density at radius 3 is 2.75 bits per heavy atom. The molecule has 0 spiro atoms. The van der Waals surface area contributed by atoms with E-state index < -0.39 is 0 Å². The first-order valence-corrected chi connectivity index (χ1v) is 9.90. The molecule has 2 aliphatic rings. The average Bonchev–Trinajstić information content (AvgIpc) is 3.05. The molecule has 6 nitrogen and oxygen atoms in total. The van der Waals surface area contributed by atoms with Crippen LogP contribution in [0.1, 0.15) is 44.2 Å². The first-order valence-electron chi connectivity index (χ1n) is 9.02. The second-order valence-electron chi connectivity index (χ2n) is 6.73. The third-order valence-electron chi connectivity index (χ3n) is 5.18. The van der Waals surface area contributed by atoms with Gasteiger partial charge in [-0.05, 0) is 25.7 Å². The molecule has 0 radical (unpaired) electrons. The lowest BCUT2D eigenvalue weighted by Gasteiger charge is -2.46. The number of carbonyl (C=O) groups excluding carboxylic acids is 1. The molecule has 1 amide bonds. The molecule has 1 saturated heterocycles. The van der Waals surface area contributed by atoms with Gasteiger partial charge in [-0.15, -0.1) is 11.3 Å². The maximum Gasteiger partial charge on any atom is 0.240 e. The summed E-state index contributed by atoms with van der Waals surface area (Å²) >= 11 is 1.47. The zero-order valence-corrected chi connectivity index (χ0v) is 15.1. The van der Waals surface area contributed by atoms with Crippen molar-refractivity contribution in [2.24, 2.45) is 0 Å². The van der Waals surface area contributed by atoms with E-state index in [-0.39, 0.29) is 11.4 Å². The van der Waals surface area contributed by atoms with Gasteiger partial charge in [-0.25, -0.2) is 4.98 Å². The molecule has 0 bridgehead atoms. The highest BCUT2D eigenvalue weighted by atomic mass is 32.1. The zero-order chi connectivity index (χ0) is 16.8. The summed E-state index contributed by atoms with van der Waals surface area (Å²) in [4.78, 5) is 19.6. The van der Waals surface area contributed by atoms with Crippen LogP contribution in [0.15, 0.2) is 5.38 Å². The van der Waals surface area contributed by atoms with Gasteiger partial charge in [0.1, 0.15) is 5.54 Å². The molecule has 2 heterocycles. The van der Waals surface area contributed by atoms with Crippen LogP contribution < -0.4 is 11.1 Å². The molecule has 134 valence electrons. The number of aromatic nitrogens is 1. The molecule has 3 N–H and O–H groups in total. The smallest absolute Gasteiger partial charge is 0.240 e. The molecule has 1 aromatic rings. The van der Waals surface area contributed by atoms with Crippen molar-refractivity contribution in [2.45, 2.75) is 50.5 Å². The van der Waals surface area contributed by atoms with Crippen molar-refractivity contribution >= 4 is 22.4 Å². The summed E-state index contributed by atoms with van der Waals surface area (Å²) in [6.45, 7) is 3.90. The number of nitrogen functional groups attached to an aromatic ring is 1. The highest BCUT2D eigenvalue weighted by Gasteiger charge is 2.44. The molecule has 1 saturated carbocycles. The van der Waals surface area contributed by atoms with Gasteiger partial charge in [0.15, 0.2) is 5.13 Å². The SMILES string of the molecule is Nc1nc(CCCNC(=O)C2(N3CCOCC3)CCCCC2)cs1. The molecule has 1 aromatic heterocycles. The summed E-state index contributed by atoms with van der Waals surface area (Å²) < 4.78 is 5.48. The number of amides is 1. The van der Waals surface area contributed by atoms with Gasteiger partial charge in [0.25, 0.3) is 0 Å². The molecular formula is C17H28N4O2S. The Hall–Kier alpha value is -1.18. The monoisotopic (exact) mass is 352 g/mol. The molecule has 0 atom stereocenters. The van der Waals surface area contributed by atoms with Crippen LogP contribution in [0.2, 0.25) is 0 Å². The maximum atomic E-state index is 13.0. The van der Waals surface area contributed by atoms with Gasteiger partial charge >= 0.3 is 0 Å². The third kappa shape index (κ3) is 4.07. The fourth-order valence-electron chi connectivity index (χ4n) is 3.89. The number of carbonyl (C=O) groups is 1. The van der Waals surface area contributed by atoms with Gasteiger partial charge < -0.3 is 15.8 Å². The minimum absolute atomic E-state index is 0.210. The van der Waals surface area contributed by atoms with Gasteiger partial charge in [0, 0.05) is 25.0 Å². The number of ether oxygens (including phenoxy) is 1. The summed E-state index contributed by atoms with van der Waals surface area (Å²) in [6, 6.07) is 0. The maximum absolute atomic E-state index is 13.0. The van der Waals surface area contributed by atoms with E-state index in [0.29, 0.717) is 11.7 Å². The van der Waals surface area contributed by atoms with Crippen molar-refractivity contribution in [1.29, 1.82) is 0 Å². The number of nitrogens with two attached hydrogens (primary N) is 1. The van der Waals surface area contributed by atoms with Gasteiger partial charge in [-0.1, -0.05) is 19.3 Å². The molecule has 7 heteroatoms. The van der Waals surface area contributed by atoms with Crippen molar-refractivity contribution < 1.29 is 9.53 Å². The van der Waals surface area contributed by atoms with Crippen LogP contribution in [0.4, 0.5) is 5.13 Å². The number of nitrogens with zero attached hydrogens (tertiary/aromatic N) is 2. The highest BCUT2D eigenvalue weighted by molar-refractivity contribution is 7.13. The lowest BCUT2D eigenvalue weighted by atomic mass is 9.79. The van der Waals surface area contributed by atoms with Crippen molar-refractivity contribution in [3.63, 3.8) is 0 Å². The molecule has 1 aliphatic heterocycles. The standard InChI is InChI=1S/C17H28N4O2S/c18-16-20-14(13-24-16)5-4-8-19-15(22)17(6-2-1-3-7-17)21-9-11-23-12-10-21/h13H,1-12H2,(H2,18,20)(H,19,22). The predicted octanol–water partition coefficient (Wildman–Crippen LogP) is 1.81. The van der Waals surface area contributed by atoms with Crippen LogP contribution in [0.3, 0.4) is 0 Å². The number of morpholine rings is 1. The van der Waals surface area contributed by atoms with E-state index in [0.717, 1.165) is 70.5 Å². The van der Waals surface area contributed by atoms with E-state index in [1.54, 1.807) is 0 Å². The fraction of sp³-hybridized carbons (Fsp3) is 0.765. The van der Waals surface area contributed by atoms with Gasteiger partial charge in [-0.3, -0.25) is 9.69 Å². The molecule has 1 aliphatic carbocycles. The number of hydrogen-bond donors (Lipinski definition) is 2. The summed E-state index contributed by atoms with van der Waals surface area (Å²) in [5, 5.41) is 5.80. The van der Waals surface area contributed by atoms with Gasteiger partial charge in [0.2, 0.25) is 5.91 Å². The number of thiazole rings is 1. The summed E-state index contributed by atoms with van der Waals surface area (Å²) in [5.41, 5.74) is 6.36. The van der Waals surface area contributed by atoms with E-state index in [1.807, 2.05) is 5.38 Å². The van der Waals surface area contributed by atoms with Crippen molar-refractivity contribution in [2.75, 3.05) is 38.6 Å². The van der Waals surface area contributed by atoms with Gasteiger partial charge in [0.05, 0.1) is 18.9 Å². The summed E-state index contributed by atoms with van der Waals surface area (Å²) in [6.07, 6.45) is 7.23. The molecule has 0 unspecified atom stereocenters. The number of nitrogens with one attached hydrogen (secondary N) is 1. The quantitative estimate of drug-likeness (QED) is 0.763. The van der Waals surface area contributed by atoms with Crippen LogP contribution in [0.5, 0.6) is 0 Å². The molecule has 0 aromatic carbocycles. The molecule has 3 rings (SSSR count). The minimum Gasteiger partial charge on any atom is -0.379 e. The van der Waals surface area contributed by atoms with Crippen LogP contribution in [0, 0.1) is 0 Å². The van der Waals surface area contributed by atoms with Crippen LogP contribution in [-0.4, -0.2) is 54.2 Å². The Balaban J connectivity index is 1.53. The van der Waals surface area contributed by atoms with Crippen LogP contribution in [-0.2, 0) is 16.0 Å². The summed E-state index contributed by atoms with van der Waals surface area (Å²) in [7, 11) is 0. The molecule has 24 heavy (non-hydrogen) atoms. The van der Waals surface area contributed by atoms with Crippen LogP contribution >= 0.6 is 11.3 Å². The predicted molar refractivity (Wildman–Crippen MR) is 96.1 cm³/mol. The average molecular weight is 353 g/mol. The van der Waals surface area contributed by atoms with Crippen molar-refractivity contribution in [3.8, 4) is 0 Å².